The molecule has 0 saturated heterocycles. The van der Waals surface area contributed by atoms with Gasteiger partial charge in [-0.25, -0.2) is 4.98 Å². The van der Waals surface area contributed by atoms with Gasteiger partial charge in [0.1, 0.15) is 11.6 Å². The Kier molecular flexibility index (Phi) is 4.51. The fraction of sp³-hybridized carbons (Fsp3) is 0.263. The van der Waals surface area contributed by atoms with E-state index in [0.717, 1.165) is 45.3 Å². The van der Waals surface area contributed by atoms with E-state index >= 15 is 0 Å². The SMILES string of the molecule is COc1cncc(CNc2cccc(-c3nc(C)c(C)[nH]3)c2)c1C. The third-order valence-corrected chi connectivity index (χ3v) is 4.24. The van der Waals surface area contributed by atoms with Crippen LogP contribution in [0.5, 0.6) is 5.75 Å². The summed E-state index contributed by atoms with van der Waals surface area (Å²) < 4.78 is 5.33. The van der Waals surface area contributed by atoms with Crippen LogP contribution in [0.4, 0.5) is 5.69 Å². The number of nitrogens with one attached hydrogen (secondary N) is 2. The molecule has 24 heavy (non-hydrogen) atoms. The molecule has 2 N–H and O–H groups in total. The van der Waals surface area contributed by atoms with Crippen LogP contribution >= 0.6 is 0 Å². The second kappa shape index (κ2) is 6.74. The van der Waals surface area contributed by atoms with E-state index in [4.69, 9.17) is 4.74 Å². The van der Waals surface area contributed by atoms with Gasteiger partial charge in [-0.05, 0) is 44.0 Å². The lowest BCUT2D eigenvalue weighted by Gasteiger charge is -2.12. The molecule has 0 saturated carbocycles. The second-order valence-corrected chi connectivity index (χ2v) is 5.86. The fourth-order valence-electron chi connectivity index (χ4n) is 2.59. The lowest BCUT2D eigenvalue weighted by molar-refractivity contribution is 0.409. The first kappa shape index (κ1) is 16.1. The first-order valence-electron chi connectivity index (χ1n) is 7.93. The van der Waals surface area contributed by atoms with Crippen molar-refractivity contribution in [2.45, 2.75) is 27.3 Å². The zero-order chi connectivity index (χ0) is 17.1. The fourth-order valence-corrected chi connectivity index (χ4v) is 2.59. The largest absolute Gasteiger partial charge is 0.495 e. The minimum absolute atomic E-state index is 0.690. The summed E-state index contributed by atoms with van der Waals surface area (Å²) >= 11 is 0. The number of methoxy groups -OCH3 is 1. The molecule has 0 aliphatic rings. The van der Waals surface area contributed by atoms with Gasteiger partial charge in [-0.3, -0.25) is 4.98 Å². The third-order valence-electron chi connectivity index (χ3n) is 4.24. The van der Waals surface area contributed by atoms with Gasteiger partial charge in [-0.2, -0.15) is 0 Å². The van der Waals surface area contributed by atoms with E-state index in [1.54, 1.807) is 13.3 Å². The number of rotatable bonds is 5. The zero-order valence-corrected chi connectivity index (χ0v) is 14.5. The molecule has 0 aliphatic heterocycles. The summed E-state index contributed by atoms with van der Waals surface area (Å²) in [5, 5.41) is 3.45. The van der Waals surface area contributed by atoms with Crippen molar-refractivity contribution >= 4 is 5.69 Å². The normalized spacial score (nSPS) is 10.7. The van der Waals surface area contributed by atoms with E-state index in [2.05, 4.69) is 38.5 Å². The van der Waals surface area contributed by atoms with Crippen molar-refractivity contribution in [2.24, 2.45) is 0 Å². The van der Waals surface area contributed by atoms with Crippen molar-refractivity contribution in [3.8, 4) is 17.1 Å². The topological polar surface area (TPSA) is 62.8 Å². The third kappa shape index (κ3) is 3.25. The summed E-state index contributed by atoms with van der Waals surface area (Å²) in [6, 6.07) is 8.23. The monoisotopic (exact) mass is 322 g/mol. The van der Waals surface area contributed by atoms with Gasteiger partial charge in [0, 0.05) is 29.7 Å². The Morgan fingerprint density at radius 2 is 2.00 bits per heavy atom. The first-order valence-corrected chi connectivity index (χ1v) is 7.93. The number of aromatic nitrogens is 3. The molecule has 5 nitrogen and oxygen atoms in total. The smallest absolute Gasteiger partial charge is 0.140 e. The number of hydrogen-bond donors (Lipinski definition) is 2. The molecule has 5 heteroatoms. The molecule has 2 heterocycles. The van der Waals surface area contributed by atoms with Gasteiger partial charge in [0.2, 0.25) is 0 Å². The number of ether oxygens (including phenoxy) is 1. The molecule has 2 aromatic heterocycles. The summed E-state index contributed by atoms with van der Waals surface area (Å²) in [6.45, 7) is 6.78. The van der Waals surface area contributed by atoms with E-state index in [-0.39, 0.29) is 0 Å². The first-order chi connectivity index (χ1) is 11.6. The Morgan fingerprint density at radius 3 is 2.71 bits per heavy atom. The molecule has 0 radical (unpaired) electrons. The van der Waals surface area contributed by atoms with Gasteiger partial charge in [0.05, 0.1) is 19.0 Å². The van der Waals surface area contributed by atoms with Crippen LogP contribution < -0.4 is 10.1 Å². The number of aryl methyl sites for hydroxylation is 2. The van der Waals surface area contributed by atoms with Crippen LogP contribution in [0.3, 0.4) is 0 Å². The molecule has 0 unspecified atom stereocenters. The van der Waals surface area contributed by atoms with Gasteiger partial charge >= 0.3 is 0 Å². The number of aromatic amines is 1. The van der Waals surface area contributed by atoms with Crippen LogP contribution in [-0.4, -0.2) is 22.1 Å². The summed E-state index contributed by atoms with van der Waals surface area (Å²) in [4.78, 5) is 12.1. The highest BCUT2D eigenvalue weighted by atomic mass is 16.5. The van der Waals surface area contributed by atoms with Gasteiger partial charge in [0.15, 0.2) is 0 Å². The van der Waals surface area contributed by atoms with E-state index in [0.29, 0.717) is 6.54 Å². The summed E-state index contributed by atoms with van der Waals surface area (Å²) in [6.07, 6.45) is 3.61. The minimum atomic E-state index is 0.690. The highest BCUT2D eigenvalue weighted by molar-refractivity contribution is 5.63. The quantitative estimate of drug-likeness (QED) is 0.745. The van der Waals surface area contributed by atoms with Crippen LogP contribution in [0.25, 0.3) is 11.4 Å². The Labute approximate surface area is 142 Å². The van der Waals surface area contributed by atoms with Crippen molar-refractivity contribution in [1.82, 2.24) is 15.0 Å². The molecule has 1 aromatic carbocycles. The van der Waals surface area contributed by atoms with E-state index in [1.165, 1.54) is 0 Å². The number of H-pyrrole nitrogens is 1. The Bertz CT molecular complexity index is 835. The minimum Gasteiger partial charge on any atom is -0.495 e. The highest BCUT2D eigenvalue weighted by Gasteiger charge is 2.07. The molecular weight excluding hydrogens is 300 g/mol. The standard InChI is InChI=1S/C19H22N4O/c1-12-16(9-20-11-18(12)24-4)10-21-17-7-5-6-15(8-17)19-22-13(2)14(3)23-19/h5-9,11,21H,10H2,1-4H3,(H,22,23). The Morgan fingerprint density at radius 1 is 1.17 bits per heavy atom. The van der Waals surface area contributed by atoms with Crippen LogP contribution in [-0.2, 0) is 6.54 Å². The molecular formula is C19H22N4O. The number of nitrogens with zero attached hydrogens (tertiary/aromatic N) is 2. The van der Waals surface area contributed by atoms with Crippen molar-refractivity contribution in [3.05, 3.63) is 59.2 Å². The van der Waals surface area contributed by atoms with Crippen LogP contribution in [0.15, 0.2) is 36.7 Å². The molecule has 0 spiro atoms. The molecule has 124 valence electrons. The predicted molar refractivity (Wildman–Crippen MR) is 96.4 cm³/mol. The van der Waals surface area contributed by atoms with E-state index in [9.17, 15) is 0 Å². The highest BCUT2D eigenvalue weighted by Crippen LogP contribution is 2.23. The van der Waals surface area contributed by atoms with Gasteiger partial charge in [-0.1, -0.05) is 12.1 Å². The lowest BCUT2D eigenvalue weighted by Crippen LogP contribution is -2.03. The Hall–Kier alpha value is -2.82. The van der Waals surface area contributed by atoms with Crippen LogP contribution in [0, 0.1) is 20.8 Å². The Balaban J connectivity index is 1.78. The maximum Gasteiger partial charge on any atom is 0.140 e. The van der Waals surface area contributed by atoms with Crippen molar-refractivity contribution < 1.29 is 4.74 Å². The molecule has 0 amide bonds. The molecule has 0 bridgehead atoms. The number of imidazole rings is 1. The van der Waals surface area contributed by atoms with Gasteiger partial charge < -0.3 is 15.0 Å². The molecule has 0 atom stereocenters. The maximum atomic E-state index is 5.33. The molecule has 3 aromatic rings. The lowest BCUT2D eigenvalue weighted by atomic mass is 10.1. The van der Waals surface area contributed by atoms with E-state index in [1.807, 2.05) is 33.0 Å². The van der Waals surface area contributed by atoms with Crippen molar-refractivity contribution in [3.63, 3.8) is 0 Å². The van der Waals surface area contributed by atoms with Gasteiger partial charge in [-0.15, -0.1) is 0 Å². The van der Waals surface area contributed by atoms with Crippen molar-refractivity contribution in [1.29, 1.82) is 0 Å². The molecule has 0 aliphatic carbocycles. The molecule has 0 fully saturated rings. The maximum absolute atomic E-state index is 5.33. The number of anilines is 1. The van der Waals surface area contributed by atoms with Crippen LogP contribution in [0.1, 0.15) is 22.5 Å². The van der Waals surface area contributed by atoms with Crippen LogP contribution in [0.2, 0.25) is 0 Å². The predicted octanol–water partition coefficient (Wildman–Crippen LogP) is 4.02. The average molecular weight is 322 g/mol. The second-order valence-electron chi connectivity index (χ2n) is 5.86. The van der Waals surface area contributed by atoms with Gasteiger partial charge in [0.25, 0.3) is 0 Å². The summed E-state index contributed by atoms with van der Waals surface area (Å²) in [5.41, 5.74) is 6.46. The number of hydrogen-bond acceptors (Lipinski definition) is 4. The summed E-state index contributed by atoms with van der Waals surface area (Å²) in [7, 11) is 1.66. The number of pyridine rings is 1. The average Bonchev–Trinajstić information content (AvgIpc) is 2.93. The zero-order valence-electron chi connectivity index (χ0n) is 14.5. The van der Waals surface area contributed by atoms with Crippen molar-refractivity contribution in [2.75, 3.05) is 12.4 Å². The molecule has 3 rings (SSSR count). The van der Waals surface area contributed by atoms with E-state index < -0.39 is 0 Å². The number of benzene rings is 1. The summed E-state index contributed by atoms with van der Waals surface area (Å²) in [5.74, 6) is 1.71.